The third kappa shape index (κ3) is 3.90. The van der Waals surface area contributed by atoms with Crippen LogP contribution in [0, 0.1) is 11.8 Å². The summed E-state index contributed by atoms with van der Waals surface area (Å²) in [5.41, 5.74) is 0. The Morgan fingerprint density at radius 3 is 2.45 bits per heavy atom. The molecule has 0 aromatic carbocycles. The average molecular weight is 311 g/mol. The summed E-state index contributed by atoms with van der Waals surface area (Å²) in [7, 11) is 3.50. The van der Waals surface area contributed by atoms with Gasteiger partial charge in [0.1, 0.15) is 0 Å². The van der Waals surface area contributed by atoms with E-state index in [0.29, 0.717) is 19.4 Å². The average Bonchev–Trinajstić information content (AvgIpc) is 2.96. The fraction of sp³-hybridized carbons (Fsp3) is 0.800. The molecule has 3 amide bonds. The predicted octanol–water partition coefficient (Wildman–Crippen LogP) is 0.750. The second kappa shape index (κ2) is 6.98. The number of aliphatic carboxylic acids is 1. The van der Waals surface area contributed by atoms with Gasteiger partial charge < -0.3 is 20.2 Å². The molecule has 1 heterocycles. The first-order valence-electron chi connectivity index (χ1n) is 7.88. The molecular weight excluding hydrogens is 286 g/mol. The molecule has 3 unspecified atom stereocenters. The van der Waals surface area contributed by atoms with Crippen LogP contribution in [0.15, 0.2) is 0 Å². The van der Waals surface area contributed by atoms with E-state index < -0.39 is 11.9 Å². The number of carbonyl (C=O) groups is 3. The maximum atomic E-state index is 12.2. The van der Waals surface area contributed by atoms with E-state index in [1.807, 2.05) is 0 Å². The van der Waals surface area contributed by atoms with Gasteiger partial charge in [0.25, 0.3) is 0 Å². The zero-order valence-electron chi connectivity index (χ0n) is 13.2. The van der Waals surface area contributed by atoms with Crippen molar-refractivity contribution in [1.29, 1.82) is 0 Å². The summed E-state index contributed by atoms with van der Waals surface area (Å²) in [6.07, 6.45) is 3.84. The number of hydrogen-bond acceptors (Lipinski definition) is 3. The number of urea groups is 1. The van der Waals surface area contributed by atoms with Crippen LogP contribution < -0.4 is 5.32 Å². The van der Waals surface area contributed by atoms with Gasteiger partial charge in [-0.1, -0.05) is 6.42 Å². The number of nitrogens with zero attached hydrogens (tertiary/aromatic N) is 2. The van der Waals surface area contributed by atoms with E-state index in [1.165, 1.54) is 0 Å². The van der Waals surface area contributed by atoms with Crippen LogP contribution in [0.4, 0.5) is 4.79 Å². The number of hydrogen-bond donors (Lipinski definition) is 2. The molecule has 1 saturated carbocycles. The first-order chi connectivity index (χ1) is 10.4. The topological polar surface area (TPSA) is 90.0 Å². The van der Waals surface area contributed by atoms with Gasteiger partial charge >= 0.3 is 12.0 Å². The van der Waals surface area contributed by atoms with E-state index in [4.69, 9.17) is 5.11 Å². The Hall–Kier alpha value is -1.79. The van der Waals surface area contributed by atoms with Crippen molar-refractivity contribution in [3.63, 3.8) is 0 Å². The van der Waals surface area contributed by atoms with Crippen LogP contribution in [0.25, 0.3) is 0 Å². The van der Waals surface area contributed by atoms with E-state index >= 15 is 0 Å². The second-order valence-electron chi connectivity index (χ2n) is 6.51. The van der Waals surface area contributed by atoms with Crippen LogP contribution in [0.5, 0.6) is 0 Å². The monoisotopic (exact) mass is 311 g/mol. The molecule has 124 valence electrons. The highest BCUT2D eigenvalue weighted by molar-refractivity contribution is 5.79. The van der Waals surface area contributed by atoms with Gasteiger partial charge in [0, 0.05) is 39.1 Å². The van der Waals surface area contributed by atoms with Crippen LogP contribution in [0.1, 0.15) is 32.1 Å². The Morgan fingerprint density at radius 2 is 1.86 bits per heavy atom. The number of carboxylic acids is 1. The van der Waals surface area contributed by atoms with Crippen molar-refractivity contribution in [2.75, 3.05) is 27.2 Å². The summed E-state index contributed by atoms with van der Waals surface area (Å²) in [5.74, 6) is -1.21. The van der Waals surface area contributed by atoms with Gasteiger partial charge in [-0.05, 0) is 25.7 Å². The molecule has 7 heteroatoms. The Bertz CT molecular complexity index is 452. The minimum absolute atomic E-state index is 0.000900. The minimum atomic E-state index is -0.843. The molecule has 0 spiro atoms. The van der Waals surface area contributed by atoms with Crippen molar-refractivity contribution in [3.8, 4) is 0 Å². The summed E-state index contributed by atoms with van der Waals surface area (Å²) in [6.45, 7) is 0.753. The fourth-order valence-electron chi connectivity index (χ4n) is 3.32. The number of carbonyl (C=O) groups excluding carboxylic acids is 2. The Labute approximate surface area is 130 Å². The highest BCUT2D eigenvalue weighted by atomic mass is 16.4. The maximum Gasteiger partial charge on any atom is 0.317 e. The second-order valence-corrected chi connectivity index (χ2v) is 6.51. The van der Waals surface area contributed by atoms with E-state index in [9.17, 15) is 14.4 Å². The van der Waals surface area contributed by atoms with Crippen molar-refractivity contribution >= 4 is 17.9 Å². The molecular formula is C15H25N3O4. The molecule has 0 aromatic rings. The van der Waals surface area contributed by atoms with Crippen molar-refractivity contribution in [2.24, 2.45) is 11.8 Å². The Balaban J connectivity index is 1.84. The standard InChI is InChI=1S/C15H25N3O4/c1-17(2)13(19)10-4-3-5-12(8-10)16-15(22)18-7-6-11(9-18)14(20)21/h10-12H,3-9H2,1-2H3,(H,16,22)(H,20,21). The van der Waals surface area contributed by atoms with Crippen LogP contribution in [-0.2, 0) is 9.59 Å². The lowest BCUT2D eigenvalue weighted by Crippen LogP contribution is -2.47. The molecule has 2 N–H and O–H groups in total. The van der Waals surface area contributed by atoms with Gasteiger partial charge in [0.05, 0.1) is 5.92 Å². The van der Waals surface area contributed by atoms with Crippen LogP contribution in [-0.4, -0.2) is 66.0 Å². The molecule has 7 nitrogen and oxygen atoms in total. The molecule has 0 radical (unpaired) electrons. The van der Waals surface area contributed by atoms with Gasteiger partial charge in [-0.25, -0.2) is 4.79 Å². The summed E-state index contributed by atoms with van der Waals surface area (Å²) < 4.78 is 0. The number of likely N-dealkylation sites (tertiary alicyclic amines) is 1. The molecule has 2 rings (SSSR count). The summed E-state index contributed by atoms with van der Waals surface area (Å²) in [6, 6.07) is -0.203. The molecule has 1 saturated heterocycles. The quantitative estimate of drug-likeness (QED) is 0.805. The summed E-state index contributed by atoms with van der Waals surface area (Å²) in [5, 5.41) is 11.9. The van der Waals surface area contributed by atoms with Gasteiger partial charge in [0.2, 0.25) is 5.91 Å². The number of nitrogens with one attached hydrogen (secondary N) is 1. The van der Waals surface area contributed by atoms with Crippen LogP contribution in [0.3, 0.4) is 0 Å². The van der Waals surface area contributed by atoms with Crippen LogP contribution in [0.2, 0.25) is 0 Å². The Morgan fingerprint density at radius 1 is 1.14 bits per heavy atom. The lowest BCUT2D eigenvalue weighted by atomic mass is 9.85. The van der Waals surface area contributed by atoms with Crippen molar-refractivity contribution in [3.05, 3.63) is 0 Å². The molecule has 22 heavy (non-hydrogen) atoms. The fourth-order valence-corrected chi connectivity index (χ4v) is 3.32. The molecule has 2 fully saturated rings. The van der Waals surface area contributed by atoms with Crippen molar-refractivity contribution in [1.82, 2.24) is 15.1 Å². The predicted molar refractivity (Wildman–Crippen MR) is 80.3 cm³/mol. The zero-order chi connectivity index (χ0) is 16.3. The first kappa shape index (κ1) is 16.6. The summed E-state index contributed by atoms with van der Waals surface area (Å²) in [4.78, 5) is 38.4. The van der Waals surface area contributed by atoms with Gasteiger partial charge in [-0.15, -0.1) is 0 Å². The number of rotatable bonds is 3. The van der Waals surface area contributed by atoms with E-state index in [0.717, 1.165) is 19.3 Å². The molecule has 3 atom stereocenters. The molecule has 2 aliphatic rings. The molecule has 0 bridgehead atoms. The maximum absolute atomic E-state index is 12.2. The molecule has 0 aromatic heterocycles. The van der Waals surface area contributed by atoms with Crippen molar-refractivity contribution in [2.45, 2.75) is 38.1 Å². The minimum Gasteiger partial charge on any atom is -0.481 e. The molecule has 1 aliphatic heterocycles. The zero-order valence-corrected chi connectivity index (χ0v) is 13.2. The van der Waals surface area contributed by atoms with Gasteiger partial charge in [-0.3, -0.25) is 9.59 Å². The highest BCUT2D eigenvalue weighted by Gasteiger charge is 2.33. The number of carboxylic acid groups (broad SMARTS) is 1. The SMILES string of the molecule is CN(C)C(=O)C1CCCC(NC(=O)N2CCC(C(=O)O)C2)C1. The highest BCUT2D eigenvalue weighted by Crippen LogP contribution is 2.26. The largest absolute Gasteiger partial charge is 0.481 e. The lowest BCUT2D eigenvalue weighted by Gasteiger charge is -2.31. The van der Waals surface area contributed by atoms with E-state index in [1.54, 1.807) is 23.9 Å². The smallest absolute Gasteiger partial charge is 0.317 e. The van der Waals surface area contributed by atoms with Gasteiger partial charge in [-0.2, -0.15) is 0 Å². The Kier molecular flexibility index (Phi) is 5.26. The summed E-state index contributed by atoms with van der Waals surface area (Å²) >= 11 is 0. The van der Waals surface area contributed by atoms with E-state index in [2.05, 4.69) is 5.32 Å². The van der Waals surface area contributed by atoms with Crippen LogP contribution >= 0.6 is 0 Å². The van der Waals surface area contributed by atoms with Crippen molar-refractivity contribution < 1.29 is 19.5 Å². The third-order valence-corrected chi connectivity index (χ3v) is 4.62. The number of amides is 3. The van der Waals surface area contributed by atoms with E-state index in [-0.39, 0.29) is 30.4 Å². The lowest BCUT2D eigenvalue weighted by molar-refractivity contribution is -0.141. The third-order valence-electron chi connectivity index (χ3n) is 4.62. The normalized spacial score (nSPS) is 28.3. The van der Waals surface area contributed by atoms with Gasteiger partial charge in [0.15, 0.2) is 0 Å². The first-order valence-corrected chi connectivity index (χ1v) is 7.88. The molecule has 1 aliphatic carbocycles.